The molecule has 2 aromatic heterocycles. The first-order valence-corrected chi connectivity index (χ1v) is 9.40. The van der Waals surface area contributed by atoms with Crippen molar-refractivity contribution in [3.63, 3.8) is 0 Å². The van der Waals surface area contributed by atoms with E-state index in [1.807, 2.05) is 13.0 Å². The van der Waals surface area contributed by atoms with Gasteiger partial charge >= 0.3 is 0 Å². The van der Waals surface area contributed by atoms with E-state index in [0.29, 0.717) is 11.5 Å². The molecule has 0 spiro atoms. The second-order valence-electron chi connectivity index (χ2n) is 6.89. The molecule has 1 saturated heterocycles. The summed E-state index contributed by atoms with van der Waals surface area (Å²) in [4.78, 5) is 4.83. The first-order valence-electron chi connectivity index (χ1n) is 9.40. The molecule has 9 heteroatoms. The lowest BCUT2D eigenvalue weighted by Gasteiger charge is -2.35. The molecule has 4 rings (SSSR count). The predicted molar refractivity (Wildman–Crippen MR) is 105 cm³/mol. The van der Waals surface area contributed by atoms with Gasteiger partial charge in [0.25, 0.3) is 6.43 Å². The van der Waals surface area contributed by atoms with Gasteiger partial charge in [-0.1, -0.05) is 6.92 Å². The summed E-state index contributed by atoms with van der Waals surface area (Å²) in [6.45, 7) is 9.49. The summed E-state index contributed by atoms with van der Waals surface area (Å²) < 4.78 is 27.1. The Hall–Kier alpha value is -2.81. The zero-order valence-corrected chi connectivity index (χ0v) is 15.9. The number of anilines is 3. The second kappa shape index (κ2) is 7.67. The van der Waals surface area contributed by atoms with Gasteiger partial charge in [0.05, 0.1) is 0 Å². The van der Waals surface area contributed by atoms with Crippen LogP contribution in [0.25, 0.3) is 5.65 Å². The molecule has 0 unspecified atom stereocenters. The van der Waals surface area contributed by atoms with E-state index >= 15 is 0 Å². The average Bonchev–Trinajstić information content (AvgIpc) is 3.13. The van der Waals surface area contributed by atoms with Crippen molar-refractivity contribution in [1.82, 2.24) is 24.7 Å². The van der Waals surface area contributed by atoms with E-state index in [4.69, 9.17) is 0 Å². The van der Waals surface area contributed by atoms with Crippen LogP contribution < -0.4 is 10.2 Å². The molecular formula is C19H23F2N7. The Kier molecular flexibility index (Phi) is 5.08. The van der Waals surface area contributed by atoms with E-state index in [9.17, 15) is 8.78 Å². The second-order valence-corrected chi connectivity index (χ2v) is 6.89. The summed E-state index contributed by atoms with van der Waals surface area (Å²) in [6, 6.07) is 9.55. The Morgan fingerprint density at radius 2 is 1.86 bits per heavy atom. The third-order valence-corrected chi connectivity index (χ3v) is 5.14. The van der Waals surface area contributed by atoms with Crippen molar-refractivity contribution in [2.45, 2.75) is 20.3 Å². The third kappa shape index (κ3) is 3.62. The molecule has 0 saturated carbocycles. The van der Waals surface area contributed by atoms with Crippen LogP contribution in [-0.4, -0.2) is 57.4 Å². The highest BCUT2D eigenvalue weighted by atomic mass is 19.3. The molecule has 0 atom stereocenters. The lowest BCUT2D eigenvalue weighted by molar-refractivity contribution is 0.137. The number of benzene rings is 1. The highest BCUT2D eigenvalue weighted by molar-refractivity contribution is 5.65. The smallest absolute Gasteiger partial charge is 0.299 e. The Morgan fingerprint density at radius 3 is 2.54 bits per heavy atom. The number of rotatable bonds is 5. The van der Waals surface area contributed by atoms with E-state index in [1.54, 1.807) is 12.1 Å². The molecule has 0 radical (unpaired) electrons. The largest absolute Gasteiger partial charge is 0.369 e. The number of aromatic nitrogens is 4. The van der Waals surface area contributed by atoms with E-state index in [2.05, 4.69) is 49.5 Å². The number of nitrogens with zero attached hydrogens (tertiary/aromatic N) is 6. The highest BCUT2D eigenvalue weighted by Crippen LogP contribution is 2.26. The molecule has 1 aliphatic heterocycles. The van der Waals surface area contributed by atoms with Crippen LogP contribution >= 0.6 is 0 Å². The van der Waals surface area contributed by atoms with E-state index < -0.39 is 12.2 Å². The van der Waals surface area contributed by atoms with Crippen molar-refractivity contribution < 1.29 is 8.78 Å². The maximum absolute atomic E-state index is 13.0. The Bertz CT molecular complexity index is 964. The van der Waals surface area contributed by atoms with Crippen LogP contribution in [0.2, 0.25) is 0 Å². The minimum absolute atomic E-state index is 0.291. The quantitative estimate of drug-likeness (QED) is 0.725. The maximum atomic E-state index is 13.0. The predicted octanol–water partition coefficient (Wildman–Crippen LogP) is 3.26. The summed E-state index contributed by atoms with van der Waals surface area (Å²) in [7, 11) is 0. The van der Waals surface area contributed by atoms with Gasteiger partial charge in [0, 0.05) is 37.6 Å². The number of likely N-dealkylation sites (N-methyl/N-ethyl adjacent to an activating group) is 1. The molecule has 148 valence electrons. The molecule has 0 aliphatic carbocycles. The molecular weight excluding hydrogens is 364 g/mol. The summed E-state index contributed by atoms with van der Waals surface area (Å²) in [5.74, 6) is -0.00134. The number of aryl methyl sites for hydroxylation is 1. The molecule has 1 aliphatic rings. The van der Waals surface area contributed by atoms with Crippen molar-refractivity contribution in [2.24, 2.45) is 0 Å². The first kappa shape index (κ1) is 18.5. The fraction of sp³-hybridized carbons (Fsp3) is 0.421. The molecule has 3 aromatic rings. The molecule has 0 amide bonds. The molecule has 1 N–H and O–H groups in total. The lowest BCUT2D eigenvalue weighted by atomic mass is 10.1. The topological polar surface area (TPSA) is 61.6 Å². The number of fused-ring (bicyclic) bond motifs is 1. The molecule has 1 aromatic carbocycles. The van der Waals surface area contributed by atoms with Gasteiger partial charge in [-0.15, -0.1) is 15.3 Å². The molecule has 3 heterocycles. The van der Waals surface area contributed by atoms with Crippen molar-refractivity contribution in [3.8, 4) is 0 Å². The minimum atomic E-state index is -2.73. The maximum Gasteiger partial charge on any atom is 0.299 e. The Morgan fingerprint density at radius 1 is 1.07 bits per heavy atom. The fourth-order valence-electron chi connectivity index (χ4n) is 3.45. The van der Waals surface area contributed by atoms with E-state index in [-0.39, 0.29) is 0 Å². The number of hydrogen-bond donors (Lipinski definition) is 1. The summed E-state index contributed by atoms with van der Waals surface area (Å²) in [5, 5.41) is 14.6. The van der Waals surface area contributed by atoms with Crippen molar-refractivity contribution in [3.05, 3.63) is 41.7 Å². The summed E-state index contributed by atoms with van der Waals surface area (Å²) in [6.07, 6.45) is -2.73. The highest BCUT2D eigenvalue weighted by Gasteiger charge is 2.18. The normalized spacial score (nSPS) is 15.5. The van der Waals surface area contributed by atoms with Gasteiger partial charge in [0.1, 0.15) is 0 Å². The standard InChI is InChI=1S/C19H23F2N7/c1-3-26-8-10-27(11-9-26)14-4-5-15(13(2)12-14)22-16-6-7-17-23-24-19(18(20)21)28(17)25-16/h4-7,12,18H,3,8-11H2,1-2H3,(H,22,25). The lowest BCUT2D eigenvalue weighted by Crippen LogP contribution is -2.46. The van der Waals surface area contributed by atoms with Gasteiger partial charge in [-0.05, 0) is 49.4 Å². The van der Waals surface area contributed by atoms with Gasteiger partial charge in [-0.25, -0.2) is 8.78 Å². The first-order chi connectivity index (χ1) is 13.5. The molecule has 0 bridgehead atoms. The minimum Gasteiger partial charge on any atom is -0.369 e. The van der Waals surface area contributed by atoms with Gasteiger partial charge in [-0.3, -0.25) is 0 Å². The van der Waals surface area contributed by atoms with Crippen LogP contribution in [0.15, 0.2) is 30.3 Å². The van der Waals surface area contributed by atoms with Gasteiger partial charge < -0.3 is 15.1 Å². The number of alkyl halides is 2. The van der Waals surface area contributed by atoms with Gasteiger partial charge in [-0.2, -0.15) is 4.52 Å². The molecule has 28 heavy (non-hydrogen) atoms. The van der Waals surface area contributed by atoms with Crippen LogP contribution in [0, 0.1) is 6.92 Å². The number of hydrogen-bond acceptors (Lipinski definition) is 6. The van der Waals surface area contributed by atoms with Crippen molar-refractivity contribution in [1.29, 1.82) is 0 Å². The van der Waals surface area contributed by atoms with Crippen LogP contribution in [0.1, 0.15) is 24.7 Å². The van der Waals surface area contributed by atoms with Crippen LogP contribution in [0.4, 0.5) is 26.0 Å². The van der Waals surface area contributed by atoms with E-state index in [0.717, 1.165) is 48.5 Å². The average molecular weight is 387 g/mol. The molecule has 1 fully saturated rings. The van der Waals surface area contributed by atoms with E-state index in [1.165, 1.54) is 5.69 Å². The van der Waals surface area contributed by atoms with Gasteiger partial charge in [0.2, 0.25) is 5.82 Å². The zero-order chi connectivity index (χ0) is 19.7. The monoisotopic (exact) mass is 387 g/mol. The SMILES string of the molecule is CCN1CCN(c2ccc(Nc3ccc4nnc(C(F)F)n4n3)c(C)c2)CC1. The number of nitrogens with one attached hydrogen (secondary N) is 1. The third-order valence-electron chi connectivity index (χ3n) is 5.14. The Labute approximate surface area is 162 Å². The van der Waals surface area contributed by atoms with Crippen LogP contribution in [0.5, 0.6) is 0 Å². The number of halogens is 2. The fourth-order valence-corrected chi connectivity index (χ4v) is 3.45. The zero-order valence-electron chi connectivity index (χ0n) is 15.9. The van der Waals surface area contributed by atoms with Crippen molar-refractivity contribution >= 4 is 22.8 Å². The number of piperazine rings is 1. The van der Waals surface area contributed by atoms with Crippen LogP contribution in [0.3, 0.4) is 0 Å². The van der Waals surface area contributed by atoms with Crippen LogP contribution in [-0.2, 0) is 0 Å². The summed E-state index contributed by atoms with van der Waals surface area (Å²) in [5.41, 5.74) is 3.43. The summed E-state index contributed by atoms with van der Waals surface area (Å²) >= 11 is 0. The van der Waals surface area contributed by atoms with Gasteiger partial charge in [0.15, 0.2) is 11.5 Å². The molecule has 7 nitrogen and oxygen atoms in total. The van der Waals surface area contributed by atoms with Crippen molar-refractivity contribution in [2.75, 3.05) is 42.9 Å². The Balaban J connectivity index is 1.52.